The van der Waals surface area contributed by atoms with Crippen LogP contribution >= 0.6 is 11.6 Å². The Morgan fingerprint density at radius 1 is 1.56 bits per heavy atom. The van der Waals surface area contributed by atoms with Crippen molar-refractivity contribution in [3.63, 3.8) is 0 Å². The molecule has 0 N–H and O–H groups in total. The van der Waals surface area contributed by atoms with Gasteiger partial charge in [0.15, 0.2) is 0 Å². The minimum Gasteiger partial charge on any atom is -0.369 e. The Morgan fingerprint density at radius 3 is 2.56 bits per heavy atom. The van der Waals surface area contributed by atoms with Crippen molar-refractivity contribution in [3.05, 3.63) is 0 Å². The highest BCUT2D eigenvalue weighted by Gasteiger charge is 2.38. The first-order valence-corrected chi connectivity index (χ1v) is 6.24. The van der Waals surface area contributed by atoms with Gasteiger partial charge in [0.1, 0.15) is 0 Å². The van der Waals surface area contributed by atoms with Crippen molar-refractivity contribution < 1.29 is 9.53 Å². The summed E-state index contributed by atoms with van der Waals surface area (Å²) in [6.07, 6.45) is 0.0822. The molecule has 1 heterocycles. The van der Waals surface area contributed by atoms with E-state index in [4.69, 9.17) is 16.3 Å². The van der Waals surface area contributed by atoms with Gasteiger partial charge in [-0.2, -0.15) is 0 Å². The van der Waals surface area contributed by atoms with E-state index in [0.717, 1.165) is 0 Å². The van der Waals surface area contributed by atoms with Gasteiger partial charge in [-0.1, -0.05) is 0 Å². The molecule has 1 amide bonds. The second-order valence-electron chi connectivity index (χ2n) is 5.89. The van der Waals surface area contributed by atoms with Gasteiger partial charge in [0.25, 0.3) is 0 Å². The van der Waals surface area contributed by atoms with Gasteiger partial charge in [-0.05, 0) is 34.6 Å². The summed E-state index contributed by atoms with van der Waals surface area (Å²) in [5.41, 5.74) is -0.760. The highest BCUT2D eigenvalue weighted by molar-refractivity contribution is 6.19. The molecular weight excluding hydrogens is 226 g/mol. The topological polar surface area (TPSA) is 29.5 Å². The molecule has 1 aliphatic heterocycles. The quantitative estimate of drug-likeness (QED) is 0.701. The van der Waals surface area contributed by atoms with Gasteiger partial charge in [-0.15, -0.1) is 11.6 Å². The summed E-state index contributed by atoms with van der Waals surface area (Å²) in [6.45, 7) is 11.1. The Balaban J connectivity index is 2.77. The Bertz CT molecular complexity index is 276. The van der Waals surface area contributed by atoms with Gasteiger partial charge >= 0.3 is 0 Å². The lowest BCUT2D eigenvalue weighted by molar-refractivity contribution is -0.164. The average Bonchev–Trinajstić information content (AvgIpc) is 2.13. The second-order valence-corrected chi connectivity index (χ2v) is 6.16. The van der Waals surface area contributed by atoms with Crippen molar-refractivity contribution in [2.24, 2.45) is 5.41 Å². The third-order valence-corrected chi connectivity index (χ3v) is 3.44. The summed E-state index contributed by atoms with van der Waals surface area (Å²) in [7, 11) is 0. The minimum atomic E-state index is -0.491. The molecule has 16 heavy (non-hydrogen) atoms. The van der Waals surface area contributed by atoms with Crippen LogP contribution in [0.3, 0.4) is 0 Å². The molecule has 4 heteroatoms. The molecule has 1 fully saturated rings. The zero-order chi connectivity index (χ0) is 12.6. The molecule has 0 radical (unpaired) electrons. The predicted octanol–water partition coefficient (Wildman–Crippen LogP) is 2.28. The number of carbonyl (C=O) groups excluding carboxylic acids is 1. The highest BCUT2D eigenvalue weighted by Crippen LogP contribution is 2.26. The lowest BCUT2D eigenvalue weighted by atomic mass is 9.92. The Morgan fingerprint density at radius 2 is 2.12 bits per heavy atom. The molecule has 0 aliphatic carbocycles. The van der Waals surface area contributed by atoms with Gasteiger partial charge in [0.2, 0.25) is 5.91 Å². The molecule has 1 unspecified atom stereocenters. The number of hydrogen-bond acceptors (Lipinski definition) is 2. The van der Waals surface area contributed by atoms with Crippen LogP contribution in [0.2, 0.25) is 0 Å². The number of hydrogen-bond donors (Lipinski definition) is 0. The van der Waals surface area contributed by atoms with Crippen molar-refractivity contribution >= 4 is 17.5 Å². The Kier molecular flexibility index (Phi) is 3.91. The van der Waals surface area contributed by atoms with E-state index in [0.29, 0.717) is 19.0 Å². The van der Waals surface area contributed by atoms with Crippen LogP contribution in [-0.4, -0.2) is 41.5 Å². The second kappa shape index (κ2) is 4.53. The van der Waals surface area contributed by atoms with Gasteiger partial charge < -0.3 is 9.64 Å². The number of halogens is 1. The zero-order valence-electron chi connectivity index (χ0n) is 10.8. The fourth-order valence-corrected chi connectivity index (χ4v) is 2.21. The third kappa shape index (κ3) is 3.11. The monoisotopic (exact) mass is 247 g/mol. The smallest absolute Gasteiger partial charge is 0.229 e. The molecule has 94 valence electrons. The van der Waals surface area contributed by atoms with Crippen LogP contribution in [0.25, 0.3) is 0 Å². The molecule has 3 nitrogen and oxygen atoms in total. The van der Waals surface area contributed by atoms with E-state index in [1.807, 2.05) is 39.5 Å². The number of nitrogens with zero attached hydrogens (tertiary/aromatic N) is 1. The van der Waals surface area contributed by atoms with E-state index in [9.17, 15) is 4.79 Å². The number of ether oxygens (including phenoxy) is 1. The van der Waals surface area contributed by atoms with Crippen LogP contribution in [0.15, 0.2) is 0 Å². The van der Waals surface area contributed by atoms with Crippen molar-refractivity contribution in [2.45, 2.75) is 46.3 Å². The molecule has 0 spiro atoms. The highest BCUT2D eigenvalue weighted by atomic mass is 35.5. The predicted molar refractivity (Wildman–Crippen MR) is 65.7 cm³/mol. The molecule has 0 bridgehead atoms. The molecule has 0 aromatic carbocycles. The van der Waals surface area contributed by atoms with E-state index in [-0.39, 0.29) is 17.6 Å². The molecule has 0 aromatic rings. The molecule has 1 saturated heterocycles. The number of amides is 1. The largest absolute Gasteiger partial charge is 0.369 e. The SMILES string of the molecule is CC1CN(C(=O)C(C)(C)CCl)CC(C)(C)O1. The maximum absolute atomic E-state index is 12.3. The molecule has 1 aliphatic rings. The van der Waals surface area contributed by atoms with Crippen LogP contribution in [-0.2, 0) is 9.53 Å². The van der Waals surface area contributed by atoms with Crippen LogP contribution in [0.5, 0.6) is 0 Å². The molecule has 0 saturated carbocycles. The number of carbonyl (C=O) groups is 1. The van der Waals surface area contributed by atoms with E-state index < -0.39 is 5.41 Å². The Labute approximate surface area is 103 Å². The summed E-state index contributed by atoms with van der Waals surface area (Å²) < 4.78 is 5.77. The van der Waals surface area contributed by atoms with E-state index in [1.165, 1.54) is 0 Å². The molecule has 1 atom stereocenters. The maximum atomic E-state index is 12.3. The normalized spacial score (nSPS) is 25.6. The van der Waals surface area contributed by atoms with Crippen LogP contribution < -0.4 is 0 Å². The first kappa shape index (κ1) is 13.8. The summed E-state index contributed by atoms with van der Waals surface area (Å²) in [5, 5.41) is 0. The van der Waals surface area contributed by atoms with Crippen molar-refractivity contribution in [1.82, 2.24) is 4.90 Å². The fraction of sp³-hybridized carbons (Fsp3) is 0.917. The van der Waals surface area contributed by atoms with Gasteiger partial charge in [-0.25, -0.2) is 0 Å². The summed E-state index contributed by atoms with van der Waals surface area (Å²) in [5.74, 6) is 0.462. The first-order chi connectivity index (χ1) is 7.18. The summed E-state index contributed by atoms with van der Waals surface area (Å²) in [6, 6.07) is 0. The minimum absolute atomic E-state index is 0.0822. The van der Waals surface area contributed by atoms with Crippen LogP contribution in [0.1, 0.15) is 34.6 Å². The van der Waals surface area contributed by atoms with Crippen molar-refractivity contribution in [2.75, 3.05) is 19.0 Å². The molecule has 1 rings (SSSR count). The average molecular weight is 248 g/mol. The molecule has 0 aromatic heterocycles. The van der Waals surface area contributed by atoms with Gasteiger partial charge in [0.05, 0.1) is 17.1 Å². The Hall–Kier alpha value is -0.280. The summed E-state index contributed by atoms with van der Waals surface area (Å²) >= 11 is 5.84. The maximum Gasteiger partial charge on any atom is 0.229 e. The van der Waals surface area contributed by atoms with Crippen LogP contribution in [0.4, 0.5) is 0 Å². The lowest BCUT2D eigenvalue weighted by Crippen LogP contribution is -2.56. The summed E-state index contributed by atoms with van der Waals surface area (Å²) in [4.78, 5) is 14.1. The standard InChI is InChI=1S/C12H22ClNO2/c1-9-6-14(8-12(4,5)16-9)10(15)11(2,3)7-13/h9H,6-8H2,1-5H3. The first-order valence-electron chi connectivity index (χ1n) is 5.71. The van der Waals surface area contributed by atoms with E-state index in [2.05, 4.69) is 0 Å². The van der Waals surface area contributed by atoms with E-state index in [1.54, 1.807) is 0 Å². The number of alkyl halides is 1. The van der Waals surface area contributed by atoms with Gasteiger partial charge in [0, 0.05) is 19.0 Å². The van der Waals surface area contributed by atoms with E-state index >= 15 is 0 Å². The fourth-order valence-electron chi connectivity index (χ4n) is 2.09. The zero-order valence-corrected chi connectivity index (χ0v) is 11.6. The number of morpholine rings is 1. The molecular formula is C12H22ClNO2. The number of rotatable bonds is 2. The van der Waals surface area contributed by atoms with Crippen molar-refractivity contribution in [3.8, 4) is 0 Å². The van der Waals surface area contributed by atoms with Crippen molar-refractivity contribution in [1.29, 1.82) is 0 Å². The van der Waals surface area contributed by atoms with Gasteiger partial charge in [-0.3, -0.25) is 4.79 Å². The third-order valence-electron chi connectivity index (χ3n) is 2.77. The lowest BCUT2D eigenvalue weighted by Gasteiger charge is -2.43. The van der Waals surface area contributed by atoms with Crippen LogP contribution in [0, 0.1) is 5.41 Å².